The van der Waals surface area contributed by atoms with Crippen LogP contribution in [0.3, 0.4) is 0 Å². The zero-order chi connectivity index (χ0) is 13.1. The highest BCUT2D eigenvalue weighted by molar-refractivity contribution is 7.14. The van der Waals surface area contributed by atoms with Crippen LogP contribution in [-0.2, 0) is 0 Å². The fourth-order valence-electron chi connectivity index (χ4n) is 1.32. The summed E-state index contributed by atoms with van der Waals surface area (Å²) in [5.41, 5.74) is 1.57. The fourth-order valence-corrected chi connectivity index (χ4v) is 2.12. The van der Waals surface area contributed by atoms with E-state index in [2.05, 4.69) is 20.8 Å². The van der Waals surface area contributed by atoms with Crippen molar-refractivity contribution in [2.75, 3.05) is 12.4 Å². The number of carbonyl (C=O) groups excluding carboxylic acids is 1. The Balaban J connectivity index is 2.05. The van der Waals surface area contributed by atoms with Crippen LogP contribution < -0.4 is 10.6 Å². The standard InChI is InChI=1S/C11H14N4O2S/c1-6-4-9(17-15-6)10(16)14-11-13-8(5-18-11)7(2)12-3/h4-5,7,12H,1-3H3,(H,13,14,16). The second kappa shape index (κ2) is 5.28. The van der Waals surface area contributed by atoms with E-state index in [0.717, 1.165) is 5.69 Å². The smallest absolute Gasteiger partial charge is 0.296 e. The van der Waals surface area contributed by atoms with E-state index in [1.807, 2.05) is 19.4 Å². The van der Waals surface area contributed by atoms with Crippen LogP contribution in [0.25, 0.3) is 0 Å². The molecule has 96 valence electrons. The highest BCUT2D eigenvalue weighted by atomic mass is 32.1. The van der Waals surface area contributed by atoms with Crippen molar-refractivity contribution < 1.29 is 9.32 Å². The van der Waals surface area contributed by atoms with Crippen molar-refractivity contribution >= 4 is 22.4 Å². The summed E-state index contributed by atoms with van der Waals surface area (Å²) < 4.78 is 4.88. The second-order valence-corrected chi connectivity index (χ2v) is 4.73. The van der Waals surface area contributed by atoms with Crippen LogP contribution in [0.2, 0.25) is 0 Å². The Morgan fingerprint density at radius 2 is 2.33 bits per heavy atom. The van der Waals surface area contributed by atoms with Gasteiger partial charge in [-0.25, -0.2) is 4.98 Å². The van der Waals surface area contributed by atoms with Crippen LogP contribution in [0.15, 0.2) is 16.0 Å². The largest absolute Gasteiger partial charge is 0.351 e. The summed E-state index contributed by atoms with van der Waals surface area (Å²) in [7, 11) is 1.86. The summed E-state index contributed by atoms with van der Waals surface area (Å²) in [4.78, 5) is 16.1. The van der Waals surface area contributed by atoms with Gasteiger partial charge >= 0.3 is 0 Å². The van der Waals surface area contributed by atoms with Gasteiger partial charge in [0, 0.05) is 17.5 Å². The van der Waals surface area contributed by atoms with Gasteiger partial charge in [0.15, 0.2) is 5.13 Å². The van der Waals surface area contributed by atoms with Gasteiger partial charge in [0.25, 0.3) is 5.91 Å². The lowest BCUT2D eigenvalue weighted by Gasteiger charge is -2.04. The lowest BCUT2D eigenvalue weighted by Crippen LogP contribution is -2.14. The molecule has 6 nitrogen and oxygen atoms in total. The minimum absolute atomic E-state index is 0.152. The summed E-state index contributed by atoms with van der Waals surface area (Å²) in [5, 5.41) is 11.9. The highest BCUT2D eigenvalue weighted by Gasteiger charge is 2.14. The quantitative estimate of drug-likeness (QED) is 0.884. The van der Waals surface area contributed by atoms with Gasteiger partial charge in [-0.05, 0) is 20.9 Å². The van der Waals surface area contributed by atoms with Crippen LogP contribution in [-0.4, -0.2) is 23.1 Å². The Morgan fingerprint density at radius 3 is 2.94 bits per heavy atom. The predicted octanol–water partition coefficient (Wildman–Crippen LogP) is 1.97. The second-order valence-electron chi connectivity index (χ2n) is 3.87. The highest BCUT2D eigenvalue weighted by Crippen LogP contribution is 2.20. The molecule has 7 heteroatoms. The van der Waals surface area contributed by atoms with Crippen molar-refractivity contribution in [3.8, 4) is 0 Å². The molecule has 18 heavy (non-hydrogen) atoms. The Bertz CT molecular complexity index is 549. The van der Waals surface area contributed by atoms with Crippen LogP contribution in [0.5, 0.6) is 0 Å². The number of nitrogens with zero attached hydrogens (tertiary/aromatic N) is 2. The van der Waals surface area contributed by atoms with Crippen molar-refractivity contribution in [1.29, 1.82) is 0 Å². The molecule has 2 heterocycles. The maximum absolute atomic E-state index is 11.8. The molecule has 0 aromatic carbocycles. The maximum atomic E-state index is 11.8. The number of thiazole rings is 1. The normalized spacial score (nSPS) is 12.4. The van der Waals surface area contributed by atoms with Crippen LogP contribution in [0.4, 0.5) is 5.13 Å². The molecule has 0 saturated carbocycles. The predicted molar refractivity (Wildman–Crippen MR) is 68.8 cm³/mol. The zero-order valence-corrected chi connectivity index (χ0v) is 11.2. The third kappa shape index (κ3) is 2.74. The number of carbonyl (C=O) groups is 1. The molecular formula is C11H14N4O2S. The molecule has 2 rings (SSSR count). The van der Waals surface area contributed by atoms with Gasteiger partial charge in [-0.3, -0.25) is 10.1 Å². The molecule has 0 aliphatic rings. The van der Waals surface area contributed by atoms with Gasteiger partial charge in [0.05, 0.1) is 11.4 Å². The van der Waals surface area contributed by atoms with E-state index in [1.165, 1.54) is 11.3 Å². The first-order valence-electron chi connectivity index (χ1n) is 5.47. The topological polar surface area (TPSA) is 80.0 Å². The van der Waals surface area contributed by atoms with Crippen molar-refractivity contribution in [2.45, 2.75) is 19.9 Å². The minimum atomic E-state index is -0.339. The van der Waals surface area contributed by atoms with Gasteiger partial charge in [0.2, 0.25) is 5.76 Å². The van der Waals surface area contributed by atoms with E-state index >= 15 is 0 Å². The van der Waals surface area contributed by atoms with E-state index in [0.29, 0.717) is 10.8 Å². The van der Waals surface area contributed by atoms with Crippen molar-refractivity contribution in [3.63, 3.8) is 0 Å². The molecule has 0 spiro atoms. The molecular weight excluding hydrogens is 252 g/mol. The van der Waals surface area contributed by atoms with Gasteiger partial charge < -0.3 is 9.84 Å². The molecule has 2 aromatic heterocycles. The molecule has 0 bridgehead atoms. The zero-order valence-electron chi connectivity index (χ0n) is 10.4. The number of aromatic nitrogens is 2. The number of anilines is 1. The van der Waals surface area contributed by atoms with Crippen molar-refractivity contribution in [3.05, 3.63) is 28.6 Å². The molecule has 0 radical (unpaired) electrons. The molecule has 2 N–H and O–H groups in total. The maximum Gasteiger partial charge on any atom is 0.296 e. The first-order valence-corrected chi connectivity index (χ1v) is 6.35. The molecule has 0 aliphatic carbocycles. The average molecular weight is 266 g/mol. The summed E-state index contributed by atoms with van der Waals surface area (Å²) in [6.07, 6.45) is 0. The SMILES string of the molecule is CNC(C)c1csc(NC(=O)c2cc(C)no2)n1. The van der Waals surface area contributed by atoms with Crippen molar-refractivity contribution in [2.24, 2.45) is 0 Å². The summed E-state index contributed by atoms with van der Waals surface area (Å²) >= 11 is 1.38. The number of rotatable bonds is 4. The molecule has 1 unspecified atom stereocenters. The van der Waals surface area contributed by atoms with Gasteiger partial charge in [-0.2, -0.15) is 0 Å². The lowest BCUT2D eigenvalue weighted by atomic mass is 10.3. The van der Waals surface area contributed by atoms with Gasteiger partial charge in [-0.1, -0.05) is 5.16 Å². The van der Waals surface area contributed by atoms with E-state index < -0.39 is 0 Å². The molecule has 2 aromatic rings. The minimum Gasteiger partial charge on any atom is -0.351 e. The molecule has 1 atom stereocenters. The van der Waals surface area contributed by atoms with E-state index in [1.54, 1.807) is 13.0 Å². The third-order valence-electron chi connectivity index (χ3n) is 2.47. The summed E-state index contributed by atoms with van der Waals surface area (Å²) in [6.45, 7) is 3.76. The Hall–Kier alpha value is -1.73. The molecule has 1 amide bonds. The number of hydrogen-bond acceptors (Lipinski definition) is 6. The first kappa shape index (κ1) is 12.7. The number of amides is 1. The number of hydrogen-bond donors (Lipinski definition) is 2. The first-order chi connectivity index (χ1) is 8.60. The van der Waals surface area contributed by atoms with Crippen LogP contribution in [0.1, 0.15) is 34.9 Å². The monoisotopic (exact) mass is 266 g/mol. The molecule has 0 fully saturated rings. The van der Waals surface area contributed by atoms with Crippen LogP contribution >= 0.6 is 11.3 Å². The fraction of sp³-hybridized carbons (Fsp3) is 0.364. The molecule has 0 aliphatic heterocycles. The van der Waals surface area contributed by atoms with Crippen LogP contribution in [0, 0.1) is 6.92 Å². The Labute approximate surface area is 108 Å². The summed E-state index contributed by atoms with van der Waals surface area (Å²) in [6, 6.07) is 1.74. The Morgan fingerprint density at radius 1 is 1.56 bits per heavy atom. The van der Waals surface area contributed by atoms with Crippen molar-refractivity contribution in [1.82, 2.24) is 15.5 Å². The van der Waals surface area contributed by atoms with Gasteiger partial charge in [0.1, 0.15) is 0 Å². The summed E-state index contributed by atoms with van der Waals surface area (Å²) in [5.74, 6) is -0.153. The number of aryl methyl sites for hydroxylation is 1. The van der Waals surface area contributed by atoms with Gasteiger partial charge in [-0.15, -0.1) is 11.3 Å². The number of nitrogens with one attached hydrogen (secondary N) is 2. The van der Waals surface area contributed by atoms with E-state index in [-0.39, 0.29) is 17.7 Å². The van der Waals surface area contributed by atoms with E-state index in [9.17, 15) is 4.79 Å². The molecule has 0 saturated heterocycles. The van der Waals surface area contributed by atoms with E-state index in [4.69, 9.17) is 4.52 Å². The average Bonchev–Trinajstić information content (AvgIpc) is 2.97. The Kier molecular flexibility index (Phi) is 3.73. The third-order valence-corrected chi connectivity index (χ3v) is 3.25. The lowest BCUT2D eigenvalue weighted by molar-refractivity contribution is 0.0988.